The van der Waals surface area contributed by atoms with Gasteiger partial charge in [-0.15, -0.1) is 0 Å². The molecule has 0 spiro atoms. The Labute approximate surface area is 313 Å². The molecule has 8 nitrogen and oxygen atoms in total. The SMILES string of the molecule is CN(C)c1ccc(-c2ccc(CCNC(=O)C(CC(=O)NOC(c3ccccc3)(c3ccccc3)c3ccccc3)CC(=O)OC(C)(C)C)cc2)cc1. The Morgan fingerprint density at radius 1 is 0.642 bits per heavy atom. The van der Waals surface area contributed by atoms with E-state index >= 15 is 0 Å². The fourth-order valence-corrected chi connectivity index (χ4v) is 6.23. The molecule has 5 rings (SSSR count). The number of nitrogens with one attached hydrogen (secondary N) is 2. The number of rotatable bonds is 15. The first-order valence-corrected chi connectivity index (χ1v) is 17.9. The van der Waals surface area contributed by atoms with Crippen LogP contribution in [0, 0.1) is 5.92 Å². The van der Waals surface area contributed by atoms with Gasteiger partial charge in [-0.2, -0.15) is 0 Å². The summed E-state index contributed by atoms with van der Waals surface area (Å²) in [6, 6.07) is 45.5. The monoisotopic (exact) mass is 711 g/mol. The van der Waals surface area contributed by atoms with Crippen LogP contribution < -0.4 is 15.7 Å². The summed E-state index contributed by atoms with van der Waals surface area (Å²) in [6.45, 7) is 5.63. The first kappa shape index (κ1) is 38.5. The van der Waals surface area contributed by atoms with Crippen LogP contribution in [0.4, 0.5) is 5.69 Å². The van der Waals surface area contributed by atoms with E-state index in [-0.39, 0.29) is 12.8 Å². The summed E-state index contributed by atoms with van der Waals surface area (Å²) in [4.78, 5) is 48.8. The number of carbonyl (C=O) groups is 3. The highest BCUT2D eigenvalue weighted by Crippen LogP contribution is 2.39. The van der Waals surface area contributed by atoms with Crippen LogP contribution in [-0.2, 0) is 36.0 Å². The predicted molar refractivity (Wildman–Crippen MR) is 210 cm³/mol. The van der Waals surface area contributed by atoms with Crippen molar-refractivity contribution >= 4 is 23.5 Å². The van der Waals surface area contributed by atoms with Gasteiger partial charge in [0.15, 0.2) is 5.60 Å². The van der Waals surface area contributed by atoms with Gasteiger partial charge < -0.3 is 15.0 Å². The molecule has 8 heteroatoms. The Morgan fingerprint density at radius 3 is 1.57 bits per heavy atom. The van der Waals surface area contributed by atoms with E-state index in [1.54, 1.807) is 20.8 Å². The van der Waals surface area contributed by atoms with Crippen LogP contribution in [0.15, 0.2) is 140 Å². The first-order chi connectivity index (χ1) is 25.4. The Hall–Kier alpha value is -5.73. The van der Waals surface area contributed by atoms with Crippen LogP contribution in [0.1, 0.15) is 55.9 Å². The van der Waals surface area contributed by atoms with E-state index in [4.69, 9.17) is 9.57 Å². The Kier molecular flexibility index (Phi) is 12.8. The molecule has 1 unspecified atom stereocenters. The quantitative estimate of drug-likeness (QED) is 0.0653. The van der Waals surface area contributed by atoms with Crippen molar-refractivity contribution in [1.82, 2.24) is 10.8 Å². The van der Waals surface area contributed by atoms with E-state index in [9.17, 15) is 14.4 Å². The van der Waals surface area contributed by atoms with Crippen molar-refractivity contribution < 1.29 is 24.0 Å². The largest absolute Gasteiger partial charge is 0.460 e. The molecule has 1 atom stereocenters. The lowest BCUT2D eigenvalue weighted by molar-refractivity contribution is -0.158. The smallest absolute Gasteiger partial charge is 0.307 e. The molecular weight excluding hydrogens is 663 g/mol. The third-order valence-corrected chi connectivity index (χ3v) is 8.88. The summed E-state index contributed by atoms with van der Waals surface area (Å²) in [7, 11) is 4.03. The molecule has 0 aliphatic rings. The van der Waals surface area contributed by atoms with E-state index in [1.807, 2.05) is 117 Å². The van der Waals surface area contributed by atoms with E-state index < -0.39 is 34.9 Å². The van der Waals surface area contributed by atoms with E-state index in [0.717, 1.165) is 39.1 Å². The number of esters is 1. The first-order valence-electron chi connectivity index (χ1n) is 17.9. The average Bonchev–Trinajstić information content (AvgIpc) is 3.15. The number of ether oxygens (including phenoxy) is 1. The summed E-state index contributed by atoms with van der Waals surface area (Å²) in [6.07, 6.45) is 0.0215. The Balaban J connectivity index is 1.29. The molecule has 274 valence electrons. The lowest BCUT2D eigenvalue weighted by Crippen LogP contribution is -2.42. The molecule has 2 N–H and O–H groups in total. The van der Waals surface area contributed by atoms with Gasteiger partial charge in [0.2, 0.25) is 11.8 Å². The second-order valence-corrected chi connectivity index (χ2v) is 14.3. The van der Waals surface area contributed by atoms with Crippen LogP contribution >= 0.6 is 0 Å². The second kappa shape index (κ2) is 17.7. The Bertz CT molecular complexity index is 1830. The van der Waals surface area contributed by atoms with E-state index in [1.165, 1.54) is 0 Å². The van der Waals surface area contributed by atoms with Crippen LogP contribution in [0.5, 0.6) is 0 Å². The molecule has 5 aromatic rings. The molecule has 2 amide bonds. The third-order valence-electron chi connectivity index (χ3n) is 8.88. The number of hydroxylamine groups is 1. The van der Waals surface area contributed by atoms with Gasteiger partial charge in [-0.1, -0.05) is 127 Å². The molecule has 0 fully saturated rings. The van der Waals surface area contributed by atoms with E-state index in [0.29, 0.717) is 13.0 Å². The normalized spacial score (nSPS) is 12.0. The number of anilines is 1. The number of carbonyl (C=O) groups excluding carboxylic acids is 3. The molecule has 0 saturated carbocycles. The van der Waals surface area contributed by atoms with Crippen LogP contribution in [-0.4, -0.2) is 44.0 Å². The van der Waals surface area contributed by atoms with Gasteiger partial charge in [-0.25, -0.2) is 5.48 Å². The van der Waals surface area contributed by atoms with E-state index in [2.05, 4.69) is 52.1 Å². The van der Waals surface area contributed by atoms with Crippen molar-refractivity contribution in [3.05, 3.63) is 162 Å². The molecule has 0 aliphatic carbocycles. The lowest BCUT2D eigenvalue weighted by Gasteiger charge is -2.35. The zero-order valence-electron chi connectivity index (χ0n) is 31.2. The fraction of sp³-hybridized carbons (Fsp3) is 0.267. The van der Waals surface area contributed by atoms with Gasteiger partial charge in [0.25, 0.3) is 0 Å². The zero-order chi connectivity index (χ0) is 37.8. The molecule has 0 saturated heterocycles. The molecule has 5 aromatic carbocycles. The fourth-order valence-electron chi connectivity index (χ4n) is 6.23. The minimum absolute atomic E-state index is 0.265. The number of hydrogen-bond acceptors (Lipinski definition) is 6. The van der Waals surface area contributed by atoms with Gasteiger partial charge in [0, 0.05) is 32.7 Å². The third kappa shape index (κ3) is 10.4. The lowest BCUT2D eigenvalue weighted by atomic mass is 9.80. The summed E-state index contributed by atoms with van der Waals surface area (Å²) in [5.41, 5.74) is 7.53. The maximum absolute atomic E-state index is 13.7. The van der Waals surface area contributed by atoms with Gasteiger partial charge in [0.05, 0.1) is 12.3 Å². The maximum atomic E-state index is 13.7. The molecule has 0 bridgehead atoms. The average molecular weight is 712 g/mol. The number of hydrogen-bond donors (Lipinski definition) is 2. The molecule has 0 radical (unpaired) electrons. The van der Waals surface area contributed by atoms with Crippen LogP contribution in [0.2, 0.25) is 0 Å². The molecule has 0 aliphatic heterocycles. The summed E-state index contributed by atoms with van der Waals surface area (Å²) >= 11 is 0. The number of nitrogens with zero attached hydrogens (tertiary/aromatic N) is 1. The molecule has 0 heterocycles. The number of benzene rings is 5. The van der Waals surface area contributed by atoms with Crippen molar-refractivity contribution in [2.45, 2.75) is 51.2 Å². The molecule has 0 aromatic heterocycles. The van der Waals surface area contributed by atoms with Gasteiger partial charge in [-0.3, -0.25) is 19.2 Å². The standard InChI is InChI=1S/C45H49N3O5/c1-44(2,3)52-42(50)32-36(43(51)46-30-29-33-21-23-34(24-22-33)35-25-27-40(28-26-35)48(4)5)31-41(49)47-53-45(37-15-9-6-10-16-37,38-17-11-7-12-18-38)39-19-13-8-14-20-39/h6-28,36H,29-32H2,1-5H3,(H,46,51)(H,47,49). The highest BCUT2D eigenvalue weighted by molar-refractivity contribution is 5.88. The summed E-state index contributed by atoms with van der Waals surface area (Å²) < 4.78 is 5.54. The maximum Gasteiger partial charge on any atom is 0.307 e. The van der Waals surface area contributed by atoms with Crippen molar-refractivity contribution in [3.8, 4) is 11.1 Å². The Morgan fingerprint density at radius 2 is 1.11 bits per heavy atom. The summed E-state index contributed by atoms with van der Waals surface area (Å²) in [5.74, 6) is -2.51. The zero-order valence-corrected chi connectivity index (χ0v) is 31.2. The highest BCUT2D eigenvalue weighted by Gasteiger charge is 2.39. The van der Waals surface area contributed by atoms with Gasteiger partial charge in [0.1, 0.15) is 5.60 Å². The minimum Gasteiger partial charge on any atom is -0.460 e. The topological polar surface area (TPSA) is 97.0 Å². The van der Waals surface area contributed by atoms with Gasteiger partial charge in [-0.05, 0) is 72.7 Å². The second-order valence-electron chi connectivity index (χ2n) is 14.3. The van der Waals surface area contributed by atoms with Crippen molar-refractivity contribution in [1.29, 1.82) is 0 Å². The van der Waals surface area contributed by atoms with Crippen molar-refractivity contribution in [2.24, 2.45) is 5.92 Å². The van der Waals surface area contributed by atoms with Crippen LogP contribution in [0.3, 0.4) is 0 Å². The number of amides is 2. The van der Waals surface area contributed by atoms with Crippen molar-refractivity contribution in [2.75, 3.05) is 25.5 Å². The van der Waals surface area contributed by atoms with Crippen LogP contribution in [0.25, 0.3) is 11.1 Å². The minimum atomic E-state index is -1.20. The highest BCUT2D eigenvalue weighted by atomic mass is 16.7. The predicted octanol–water partition coefficient (Wildman–Crippen LogP) is 7.86. The van der Waals surface area contributed by atoms with Gasteiger partial charge >= 0.3 is 5.97 Å². The summed E-state index contributed by atoms with van der Waals surface area (Å²) in [5, 5.41) is 2.95. The molecule has 53 heavy (non-hydrogen) atoms. The van der Waals surface area contributed by atoms with Crippen molar-refractivity contribution in [3.63, 3.8) is 0 Å². The molecular formula is C45H49N3O5.